The smallest absolute Gasteiger partial charge is 0.251 e. The summed E-state index contributed by atoms with van der Waals surface area (Å²) in [5, 5.41) is 17.4. The Morgan fingerprint density at radius 1 is 1.00 bits per heavy atom. The van der Waals surface area contributed by atoms with Crippen molar-refractivity contribution in [2.24, 2.45) is 5.92 Å². The van der Waals surface area contributed by atoms with Gasteiger partial charge in [-0.25, -0.2) is 4.68 Å². The maximum atomic E-state index is 12.6. The molecule has 1 saturated carbocycles. The molecule has 1 aliphatic carbocycles. The van der Waals surface area contributed by atoms with E-state index >= 15 is 0 Å². The summed E-state index contributed by atoms with van der Waals surface area (Å²) in [5.74, 6) is 0.0792. The zero-order valence-corrected chi connectivity index (χ0v) is 16.3. The van der Waals surface area contributed by atoms with Crippen LogP contribution in [0, 0.1) is 5.92 Å². The van der Waals surface area contributed by atoms with E-state index in [1.165, 1.54) is 11.0 Å². The van der Waals surface area contributed by atoms with E-state index in [1.54, 1.807) is 12.1 Å². The molecular formula is C20H26N6O3. The zero-order chi connectivity index (χ0) is 20.1. The van der Waals surface area contributed by atoms with Gasteiger partial charge < -0.3 is 15.4 Å². The number of carbonyl (C=O) groups excluding carboxylic acids is 2. The molecule has 2 amide bonds. The van der Waals surface area contributed by atoms with Gasteiger partial charge in [-0.3, -0.25) is 9.59 Å². The van der Waals surface area contributed by atoms with Crippen LogP contribution in [0.1, 0.15) is 48.9 Å². The Balaban J connectivity index is 1.29. The van der Waals surface area contributed by atoms with Gasteiger partial charge in [0.05, 0.1) is 5.69 Å². The van der Waals surface area contributed by atoms with E-state index < -0.39 is 0 Å². The number of nitrogens with one attached hydrogen (secondary N) is 2. The maximum Gasteiger partial charge on any atom is 0.251 e. The van der Waals surface area contributed by atoms with Crippen LogP contribution < -0.4 is 10.6 Å². The van der Waals surface area contributed by atoms with Crippen LogP contribution in [0.4, 0.5) is 0 Å². The largest absolute Gasteiger partial charge is 0.381 e. The maximum absolute atomic E-state index is 12.6. The van der Waals surface area contributed by atoms with Crippen LogP contribution in [0.25, 0.3) is 5.69 Å². The molecule has 1 saturated heterocycles. The summed E-state index contributed by atoms with van der Waals surface area (Å²) in [5.41, 5.74) is 1.38. The molecule has 29 heavy (non-hydrogen) atoms. The number of benzene rings is 1. The number of rotatable bonds is 5. The van der Waals surface area contributed by atoms with Crippen LogP contribution in [0.15, 0.2) is 30.6 Å². The Morgan fingerprint density at radius 3 is 2.41 bits per heavy atom. The van der Waals surface area contributed by atoms with Crippen molar-refractivity contribution in [1.29, 1.82) is 0 Å². The number of amides is 2. The van der Waals surface area contributed by atoms with Crippen LogP contribution in [0.5, 0.6) is 0 Å². The molecule has 2 fully saturated rings. The van der Waals surface area contributed by atoms with E-state index in [0.29, 0.717) is 18.8 Å². The Hall–Kier alpha value is -2.81. The van der Waals surface area contributed by atoms with E-state index in [9.17, 15) is 9.59 Å². The number of hydrogen-bond donors (Lipinski definition) is 2. The Kier molecular flexibility index (Phi) is 6.14. The van der Waals surface area contributed by atoms with Crippen LogP contribution in [-0.2, 0) is 9.53 Å². The highest BCUT2D eigenvalue weighted by molar-refractivity contribution is 5.94. The first-order valence-electron chi connectivity index (χ1n) is 10.2. The number of tetrazole rings is 1. The number of nitrogens with zero attached hydrogens (tertiary/aromatic N) is 4. The van der Waals surface area contributed by atoms with Gasteiger partial charge in [0.1, 0.15) is 6.33 Å². The molecule has 2 aromatic rings. The quantitative estimate of drug-likeness (QED) is 0.784. The standard InChI is InChI=1S/C20H26N6O3/c27-19(14-4-6-18(7-5-14)26-13-21-24-25-26)22-16-2-1-3-17(12-16)23-20(28)15-8-10-29-11-9-15/h4-7,13,15-17H,1-3,8-12H2,(H,22,27)(H,23,28)/t16-,17-/m1/s1. The summed E-state index contributed by atoms with van der Waals surface area (Å²) >= 11 is 0. The highest BCUT2D eigenvalue weighted by atomic mass is 16.5. The lowest BCUT2D eigenvalue weighted by Crippen LogP contribution is -2.47. The van der Waals surface area contributed by atoms with Gasteiger partial charge in [0.15, 0.2) is 0 Å². The van der Waals surface area contributed by atoms with Gasteiger partial charge in [0.25, 0.3) is 5.91 Å². The van der Waals surface area contributed by atoms with Crippen molar-refractivity contribution in [1.82, 2.24) is 30.8 Å². The fraction of sp³-hybridized carbons (Fsp3) is 0.550. The monoisotopic (exact) mass is 398 g/mol. The molecular weight excluding hydrogens is 372 g/mol. The lowest BCUT2D eigenvalue weighted by atomic mass is 9.89. The summed E-state index contributed by atoms with van der Waals surface area (Å²) in [4.78, 5) is 25.1. The average molecular weight is 398 g/mol. The minimum Gasteiger partial charge on any atom is -0.381 e. The minimum atomic E-state index is -0.102. The molecule has 0 radical (unpaired) electrons. The van der Waals surface area contributed by atoms with Gasteiger partial charge >= 0.3 is 0 Å². The lowest BCUT2D eigenvalue weighted by Gasteiger charge is -2.32. The van der Waals surface area contributed by atoms with Crippen molar-refractivity contribution >= 4 is 11.8 Å². The van der Waals surface area contributed by atoms with Crippen molar-refractivity contribution in [2.45, 2.75) is 50.6 Å². The molecule has 0 unspecified atom stereocenters. The molecule has 1 aliphatic heterocycles. The number of carbonyl (C=O) groups is 2. The summed E-state index contributed by atoms with van der Waals surface area (Å²) in [6, 6.07) is 7.33. The Labute approximate surface area is 169 Å². The fourth-order valence-corrected chi connectivity index (χ4v) is 4.04. The van der Waals surface area contributed by atoms with E-state index in [1.807, 2.05) is 12.1 Å². The number of ether oxygens (including phenoxy) is 1. The summed E-state index contributed by atoms with van der Waals surface area (Å²) in [6.45, 7) is 1.32. The van der Waals surface area contributed by atoms with Crippen molar-refractivity contribution in [3.05, 3.63) is 36.2 Å². The van der Waals surface area contributed by atoms with E-state index in [-0.39, 0.29) is 29.8 Å². The van der Waals surface area contributed by atoms with Gasteiger partial charge in [0.2, 0.25) is 5.91 Å². The predicted molar refractivity (Wildman–Crippen MR) is 104 cm³/mol. The third kappa shape index (κ3) is 4.97. The van der Waals surface area contributed by atoms with Gasteiger partial charge in [-0.2, -0.15) is 0 Å². The molecule has 2 atom stereocenters. The fourth-order valence-electron chi connectivity index (χ4n) is 4.04. The van der Waals surface area contributed by atoms with Crippen molar-refractivity contribution in [3.63, 3.8) is 0 Å². The molecule has 2 N–H and O–H groups in total. The van der Waals surface area contributed by atoms with Crippen molar-refractivity contribution in [2.75, 3.05) is 13.2 Å². The van der Waals surface area contributed by atoms with Gasteiger partial charge in [0, 0.05) is 36.8 Å². The first-order valence-corrected chi connectivity index (χ1v) is 10.2. The van der Waals surface area contributed by atoms with E-state index in [2.05, 4.69) is 26.2 Å². The molecule has 2 heterocycles. The molecule has 4 rings (SSSR count). The lowest BCUT2D eigenvalue weighted by molar-refractivity contribution is -0.128. The third-order valence-corrected chi connectivity index (χ3v) is 5.69. The zero-order valence-electron chi connectivity index (χ0n) is 16.3. The Bertz CT molecular complexity index is 817. The topological polar surface area (TPSA) is 111 Å². The van der Waals surface area contributed by atoms with Crippen molar-refractivity contribution < 1.29 is 14.3 Å². The highest BCUT2D eigenvalue weighted by Gasteiger charge is 2.28. The van der Waals surface area contributed by atoms with Crippen LogP contribution in [0.2, 0.25) is 0 Å². The molecule has 9 nitrogen and oxygen atoms in total. The second-order valence-corrected chi connectivity index (χ2v) is 7.73. The highest BCUT2D eigenvalue weighted by Crippen LogP contribution is 2.21. The molecule has 0 spiro atoms. The molecule has 1 aromatic carbocycles. The first-order chi connectivity index (χ1) is 14.2. The van der Waals surface area contributed by atoms with E-state index in [0.717, 1.165) is 44.2 Å². The Morgan fingerprint density at radius 2 is 1.72 bits per heavy atom. The second kappa shape index (κ2) is 9.13. The SMILES string of the molecule is O=C(N[C@@H]1CCC[C@@H](NC(=O)C2CCOCC2)C1)c1ccc(-n2cnnn2)cc1. The predicted octanol–water partition coefficient (Wildman–Crippen LogP) is 1.25. The number of hydrogen-bond acceptors (Lipinski definition) is 6. The third-order valence-electron chi connectivity index (χ3n) is 5.69. The summed E-state index contributed by atoms with van der Waals surface area (Å²) < 4.78 is 6.87. The average Bonchev–Trinajstić information content (AvgIpc) is 3.30. The molecule has 2 aliphatic rings. The van der Waals surface area contributed by atoms with Crippen LogP contribution in [0.3, 0.4) is 0 Å². The number of aromatic nitrogens is 4. The normalized spacial score (nSPS) is 22.8. The van der Waals surface area contributed by atoms with Crippen molar-refractivity contribution in [3.8, 4) is 5.69 Å². The summed E-state index contributed by atoms with van der Waals surface area (Å²) in [7, 11) is 0. The van der Waals surface area contributed by atoms with Crippen LogP contribution >= 0.6 is 0 Å². The van der Waals surface area contributed by atoms with Gasteiger partial charge in [-0.05, 0) is 73.2 Å². The van der Waals surface area contributed by atoms with Gasteiger partial charge in [-0.15, -0.1) is 5.10 Å². The molecule has 9 heteroatoms. The van der Waals surface area contributed by atoms with Gasteiger partial charge in [-0.1, -0.05) is 0 Å². The second-order valence-electron chi connectivity index (χ2n) is 7.73. The summed E-state index contributed by atoms with van der Waals surface area (Å²) in [6.07, 6.45) is 6.73. The molecule has 0 bridgehead atoms. The first kappa shape index (κ1) is 19.5. The molecule has 1 aromatic heterocycles. The minimum absolute atomic E-state index is 0.0532. The van der Waals surface area contributed by atoms with E-state index in [4.69, 9.17) is 4.74 Å². The van der Waals surface area contributed by atoms with Crippen LogP contribution in [-0.4, -0.2) is 57.3 Å². The molecule has 154 valence electrons.